The van der Waals surface area contributed by atoms with E-state index in [9.17, 15) is 9.90 Å². The largest absolute Gasteiger partial charge is 0.393 e. The minimum absolute atomic E-state index is 0.0538. The molecule has 1 rings (SSSR count). The molecule has 0 aromatic heterocycles. The summed E-state index contributed by atoms with van der Waals surface area (Å²) in [6.07, 6.45) is 3.89. The van der Waals surface area contributed by atoms with E-state index in [0.717, 1.165) is 25.7 Å². The summed E-state index contributed by atoms with van der Waals surface area (Å²) in [5.41, 5.74) is 0.0538. The van der Waals surface area contributed by atoms with Crippen LogP contribution in [0.3, 0.4) is 0 Å². The molecule has 1 aliphatic carbocycles. The van der Waals surface area contributed by atoms with Crippen LogP contribution in [-0.2, 0) is 4.79 Å². The van der Waals surface area contributed by atoms with Crippen LogP contribution in [0.1, 0.15) is 52.9 Å². The van der Waals surface area contributed by atoms with Crippen LogP contribution in [0.15, 0.2) is 0 Å². The summed E-state index contributed by atoms with van der Waals surface area (Å²) < 4.78 is 0. The van der Waals surface area contributed by atoms with E-state index in [1.807, 2.05) is 0 Å². The van der Waals surface area contributed by atoms with Gasteiger partial charge in [-0.05, 0) is 31.1 Å². The molecule has 2 N–H and O–H groups in total. The molecule has 0 aromatic carbocycles. The van der Waals surface area contributed by atoms with Crippen molar-refractivity contribution in [2.24, 2.45) is 5.41 Å². The number of hydrogen-bond donors (Lipinski definition) is 2. The van der Waals surface area contributed by atoms with E-state index in [0.29, 0.717) is 6.42 Å². The molecule has 0 atom stereocenters. The number of aliphatic hydroxyl groups is 1. The Labute approximate surface area is 92.3 Å². The van der Waals surface area contributed by atoms with E-state index in [1.165, 1.54) is 0 Å². The van der Waals surface area contributed by atoms with Gasteiger partial charge in [0.25, 0.3) is 0 Å². The molecule has 0 heterocycles. The van der Waals surface area contributed by atoms with Gasteiger partial charge in [-0.15, -0.1) is 0 Å². The normalized spacial score (nSPS) is 27.5. The first-order valence-corrected chi connectivity index (χ1v) is 5.84. The highest BCUT2D eigenvalue weighted by molar-refractivity contribution is 5.76. The van der Waals surface area contributed by atoms with Gasteiger partial charge in [-0.2, -0.15) is 0 Å². The highest BCUT2D eigenvalue weighted by Gasteiger charge is 2.22. The zero-order valence-corrected chi connectivity index (χ0v) is 10.0. The zero-order valence-electron chi connectivity index (χ0n) is 10.0. The average molecular weight is 213 g/mol. The van der Waals surface area contributed by atoms with Gasteiger partial charge in [0.15, 0.2) is 0 Å². The van der Waals surface area contributed by atoms with E-state index in [-0.39, 0.29) is 23.5 Å². The quantitative estimate of drug-likeness (QED) is 0.735. The molecule has 1 fully saturated rings. The van der Waals surface area contributed by atoms with Crippen LogP contribution in [0.2, 0.25) is 0 Å². The SMILES string of the molecule is CC(C)(C)CC(=O)NC1CCC(O)CC1. The molecule has 0 radical (unpaired) electrons. The zero-order chi connectivity index (χ0) is 11.5. The van der Waals surface area contributed by atoms with Gasteiger partial charge in [0, 0.05) is 12.5 Å². The monoisotopic (exact) mass is 213 g/mol. The minimum Gasteiger partial charge on any atom is -0.393 e. The van der Waals surface area contributed by atoms with Crippen LogP contribution in [-0.4, -0.2) is 23.2 Å². The van der Waals surface area contributed by atoms with Crippen molar-refractivity contribution in [3.63, 3.8) is 0 Å². The van der Waals surface area contributed by atoms with Crippen LogP contribution in [0.25, 0.3) is 0 Å². The second-order valence-electron chi connectivity index (χ2n) is 5.81. The van der Waals surface area contributed by atoms with Gasteiger partial charge in [-0.1, -0.05) is 20.8 Å². The van der Waals surface area contributed by atoms with Crippen molar-refractivity contribution in [1.29, 1.82) is 0 Å². The van der Waals surface area contributed by atoms with Crippen molar-refractivity contribution in [1.82, 2.24) is 5.32 Å². The van der Waals surface area contributed by atoms with Gasteiger partial charge in [-0.25, -0.2) is 0 Å². The lowest BCUT2D eigenvalue weighted by molar-refractivity contribution is -0.123. The molecule has 0 saturated heterocycles. The molecule has 0 unspecified atom stereocenters. The van der Waals surface area contributed by atoms with E-state index in [4.69, 9.17) is 0 Å². The van der Waals surface area contributed by atoms with Gasteiger partial charge in [0.2, 0.25) is 5.91 Å². The Morgan fingerprint density at radius 2 is 1.80 bits per heavy atom. The summed E-state index contributed by atoms with van der Waals surface area (Å²) in [6.45, 7) is 6.20. The van der Waals surface area contributed by atoms with Crippen LogP contribution in [0.5, 0.6) is 0 Å². The smallest absolute Gasteiger partial charge is 0.220 e. The molecule has 1 amide bonds. The average Bonchev–Trinajstić information content (AvgIpc) is 2.05. The summed E-state index contributed by atoms with van der Waals surface area (Å²) >= 11 is 0. The fourth-order valence-electron chi connectivity index (χ4n) is 1.98. The molecule has 0 spiro atoms. The van der Waals surface area contributed by atoms with Gasteiger partial charge >= 0.3 is 0 Å². The molecule has 1 aliphatic rings. The standard InChI is InChI=1S/C12H23NO2/c1-12(2,3)8-11(15)13-9-4-6-10(14)7-5-9/h9-10,14H,4-8H2,1-3H3,(H,13,15). The summed E-state index contributed by atoms with van der Waals surface area (Å²) in [5, 5.41) is 12.4. The molecule has 1 saturated carbocycles. The third kappa shape index (κ3) is 5.17. The summed E-state index contributed by atoms with van der Waals surface area (Å²) in [6, 6.07) is 0.281. The third-order valence-electron chi connectivity index (χ3n) is 2.75. The number of rotatable bonds is 2. The highest BCUT2D eigenvalue weighted by Crippen LogP contribution is 2.21. The number of carbonyl (C=O) groups is 1. The lowest BCUT2D eigenvalue weighted by atomic mass is 9.90. The van der Waals surface area contributed by atoms with Crippen molar-refractivity contribution >= 4 is 5.91 Å². The second kappa shape index (κ2) is 4.97. The molecule has 15 heavy (non-hydrogen) atoms. The van der Waals surface area contributed by atoms with Gasteiger partial charge < -0.3 is 10.4 Å². The van der Waals surface area contributed by atoms with E-state index >= 15 is 0 Å². The second-order valence-corrected chi connectivity index (χ2v) is 5.81. The number of hydrogen-bond acceptors (Lipinski definition) is 2. The topological polar surface area (TPSA) is 49.3 Å². The summed E-state index contributed by atoms with van der Waals surface area (Å²) in [5.74, 6) is 0.142. The number of nitrogens with one attached hydrogen (secondary N) is 1. The predicted molar refractivity (Wildman–Crippen MR) is 60.5 cm³/mol. The number of amides is 1. The van der Waals surface area contributed by atoms with Crippen molar-refractivity contribution in [2.45, 2.75) is 65.0 Å². The summed E-state index contributed by atoms with van der Waals surface area (Å²) in [7, 11) is 0. The summed E-state index contributed by atoms with van der Waals surface area (Å²) in [4.78, 5) is 11.6. The third-order valence-corrected chi connectivity index (χ3v) is 2.75. The molecule has 0 bridgehead atoms. The van der Waals surface area contributed by atoms with E-state index in [2.05, 4.69) is 26.1 Å². The Bertz CT molecular complexity index is 212. The number of carbonyl (C=O) groups excluding carboxylic acids is 1. The first-order valence-electron chi connectivity index (χ1n) is 5.84. The van der Waals surface area contributed by atoms with E-state index in [1.54, 1.807) is 0 Å². The minimum atomic E-state index is -0.152. The molecular weight excluding hydrogens is 190 g/mol. The maximum atomic E-state index is 11.6. The molecule has 3 nitrogen and oxygen atoms in total. The Morgan fingerprint density at radius 1 is 1.27 bits per heavy atom. The van der Waals surface area contributed by atoms with Crippen LogP contribution in [0.4, 0.5) is 0 Å². The van der Waals surface area contributed by atoms with Gasteiger partial charge in [-0.3, -0.25) is 4.79 Å². The van der Waals surface area contributed by atoms with Crippen molar-refractivity contribution in [3.05, 3.63) is 0 Å². The Hall–Kier alpha value is -0.570. The van der Waals surface area contributed by atoms with Crippen LogP contribution >= 0.6 is 0 Å². The van der Waals surface area contributed by atoms with E-state index < -0.39 is 0 Å². The molecule has 0 aliphatic heterocycles. The Balaban J connectivity index is 2.27. The van der Waals surface area contributed by atoms with Crippen molar-refractivity contribution < 1.29 is 9.90 Å². The maximum absolute atomic E-state index is 11.6. The van der Waals surface area contributed by atoms with Crippen molar-refractivity contribution in [2.75, 3.05) is 0 Å². The lowest BCUT2D eigenvalue weighted by Gasteiger charge is -2.27. The lowest BCUT2D eigenvalue weighted by Crippen LogP contribution is -2.39. The van der Waals surface area contributed by atoms with Crippen LogP contribution in [0, 0.1) is 5.41 Å². The van der Waals surface area contributed by atoms with Gasteiger partial charge in [0.05, 0.1) is 6.10 Å². The Morgan fingerprint density at radius 3 is 2.27 bits per heavy atom. The highest BCUT2D eigenvalue weighted by atomic mass is 16.3. The number of aliphatic hydroxyl groups excluding tert-OH is 1. The molecule has 0 aromatic rings. The fraction of sp³-hybridized carbons (Fsp3) is 0.917. The first kappa shape index (κ1) is 12.5. The first-order chi connectivity index (χ1) is 6.87. The fourth-order valence-corrected chi connectivity index (χ4v) is 1.98. The van der Waals surface area contributed by atoms with Crippen molar-refractivity contribution in [3.8, 4) is 0 Å². The predicted octanol–water partition coefficient (Wildman–Crippen LogP) is 1.84. The Kier molecular flexibility index (Phi) is 4.14. The molecular formula is C12H23NO2. The van der Waals surface area contributed by atoms with Crippen LogP contribution < -0.4 is 5.32 Å². The maximum Gasteiger partial charge on any atom is 0.220 e. The molecule has 88 valence electrons. The van der Waals surface area contributed by atoms with Gasteiger partial charge in [0.1, 0.15) is 0 Å². The molecule has 3 heteroatoms.